The van der Waals surface area contributed by atoms with Gasteiger partial charge in [-0.15, -0.1) is 0 Å². The minimum atomic E-state index is -1.15. The van der Waals surface area contributed by atoms with E-state index < -0.39 is 11.9 Å². The smallest absolute Gasteiger partial charge is 0.371 e. The minimum Gasteiger partial charge on any atom is -0.475 e. The lowest BCUT2D eigenvalue weighted by molar-refractivity contribution is 0.0653. The number of carboxylic acids is 2. The van der Waals surface area contributed by atoms with Crippen LogP contribution < -0.4 is 0 Å². The molecule has 17 heavy (non-hydrogen) atoms. The predicted octanol–water partition coefficient (Wildman–Crippen LogP) is 1.86. The van der Waals surface area contributed by atoms with E-state index in [0.29, 0.717) is 11.5 Å². The number of carboxylic acid groups (broad SMARTS) is 2. The van der Waals surface area contributed by atoms with Gasteiger partial charge in [-0.2, -0.15) is 0 Å². The molecule has 2 rings (SSSR count). The van der Waals surface area contributed by atoms with Crippen LogP contribution in [-0.2, 0) is 6.42 Å². The Morgan fingerprint density at radius 3 is 1.59 bits per heavy atom. The van der Waals surface area contributed by atoms with Gasteiger partial charge in [-0.3, -0.25) is 0 Å². The van der Waals surface area contributed by atoms with Crippen molar-refractivity contribution < 1.29 is 28.6 Å². The molecule has 88 valence electrons. The standard InChI is InChI=1S/C11H8O6/c12-10(13)8-3-1-6(16-8)5-7-2-4-9(17-7)11(14)15/h1-4H,5H2,(H,12,13)(H,14,15). The molecule has 0 aliphatic heterocycles. The first kappa shape index (κ1) is 11.0. The Morgan fingerprint density at radius 1 is 0.882 bits per heavy atom. The Labute approximate surface area is 95.1 Å². The van der Waals surface area contributed by atoms with Gasteiger partial charge in [0, 0.05) is 0 Å². The quantitative estimate of drug-likeness (QED) is 0.840. The van der Waals surface area contributed by atoms with Crippen LogP contribution in [0.5, 0.6) is 0 Å². The van der Waals surface area contributed by atoms with E-state index in [1.807, 2.05) is 0 Å². The third-order valence-electron chi connectivity index (χ3n) is 2.09. The first-order valence-corrected chi connectivity index (χ1v) is 4.70. The third-order valence-corrected chi connectivity index (χ3v) is 2.09. The molecule has 0 bridgehead atoms. The molecule has 2 aromatic rings. The zero-order chi connectivity index (χ0) is 12.4. The Kier molecular flexibility index (Phi) is 2.70. The van der Waals surface area contributed by atoms with E-state index in [4.69, 9.17) is 19.0 Å². The number of aromatic carboxylic acids is 2. The molecule has 0 saturated heterocycles. The average Bonchev–Trinajstić information content (AvgIpc) is 2.87. The van der Waals surface area contributed by atoms with Crippen LogP contribution in [0, 0.1) is 0 Å². The molecule has 0 fully saturated rings. The fourth-order valence-corrected chi connectivity index (χ4v) is 1.35. The van der Waals surface area contributed by atoms with Gasteiger partial charge < -0.3 is 19.0 Å². The summed E-state index contributed by atoms with van der Waals surface area (Å²) < 4.78 is 10.0. The van der Waals surface area contributed by atoms with Crippen molar-refractivity contribution in [2.75, 3.05) is 0 Å². The van der Waals surface area contributed by atoms with E-state index in [1.54, 1.807) is 0 Å². The molecule has 0 unspecified atom stereocenters. The maximum Gasteiger partial charge on any atom is 0.371 e. The van der Waals surface area contributed by atoms with Gasteiger partial charge in [0.1, 0.15) is 11.5 Å². The molecule has 2 aromatic heterocycles. The van der Waals surface area contributed by atoms with Crippen molar-refractivity contribution in [3.63, 3.8) is 0 Å². The number of hydrogen-bond donors (Lipinski definition) is 2. The van der Waals surface area contributed by atoms with Crippen LogP contribution in [0.3, 0.4) is 0 Å². The van der Waals surface area contributed by atoms with Crippen LogP contribution in [0.1, 0.15) is 32.6 Å². The molecule has 2 heterocycles. The van der Waals surface area contributed by atoms with E-state index in [2.05, 4.69) is 0 Å². The molecule has 6 heteroatoms. The Balaban J connectivity index is 2.13. The molecule has 0 spiro atoms. The molecular weight excluding hydrogens is 228 g/mol. The highest BCUT2D eigenvalue weighted by molar-refractivity contribution is 5.84. The SMILES string of the molecule is O=C(O)c1ccc(Cc2ccc(C(=O)O)o2)o1. The summed E-state index contributed by atoms with van der Waals surface area (Å²) in [5.74, 6) is -1.83. The van der Waals surface area contributed by atoms with Crippen LogP contribution in [0.4, 0.5) is 0 Å². The minimum absolute atomic E-state index is 0.162. The van der Waals surface area contributed by atoms with Crippen molar-refractivity contribution >= 4 is 11.9 Å². The van der Waals surface area contributed by atoms with Gasteiger partial charge in [0.15, 0.2) is 0 Å². The fourth-order valence-electron chi connectivity index (χ4n) is 1.35. The Bertz CT molecular complexity index is 512. The second-order valence-electron chi connectivity index (χ2n) is 3.32. The zero-order valence-electron chi connectivity index (χ0n) is 8.54. The van der Waals surface area contributed by atoms with Crippen LogP contribution in [0.2, 0.25) is 0 Å². The first-order valence-electron chi connectivity index (χ1n) is 4.70. The molecule has 2 N–H and O–H groups in total. The van der Waals surface area contributed by atoms with E-state index >= 15 is 0 Å². The normalized spacial score (nSPS) is 10.4. The van der Waals surface area contributed by atoms with Crippen LogP contribution in [-0.4, -0.2) is 22.2 Å². The molecule has 0 aliphatic rings. The van der Waals surface area contributed by atoms with E-state index in [-0.39, 0.29) is 17.9 Å². The van der Waals surface area contributed by atoms with E-state index in [9.17, 15) is 9.59 Å². The number of hydrogen-bond acceptors (Lipinski definition) is 4. The van der Waals surface area contributed by atoms with Crippen LogP contribution >= 0.6 is 0 Å². The summed E-state index contributed by atoms with van der Waals surface area (Å²) in [4.78, 5) is 21.1. The molecule has 0 aromatic carbocycles. The molecule has 0 atom stereocenters. The van der Waals surface area contributed by atoms with E-state index in [0.717, 1.165) is 0 Å². The molecular formula is C11H8O6. The summed E-state index contributed by atoms with van der Waals surface area (Å²) in [7, 11) is 0. The van der Waals surface area contributed by atoms with Crippen molar-refractivity contribution in [1.29, 1.82) is 0 Å². The highest BCUT2D eigenvalue weighted by Crippen LogP contribution is 2.15. The molecule has 0 aliphatic carbocycles. The molecule has 6 nitrogen and oxygen atoms in total. The van der Waals surface area contributed by atoms with Crippen molar-refractivity contribution in [2.45, 2.75) is 6.42 Å². The van der Waals surface area contributed by atoms with E-state index in [1.165, 1.54) is 24.3 Å². The molecule has 0 radical (unpaired) electrons. The largest absolute Gasteiger partial charge is 0.475 e. The van der Waals surface area contributed by atoms with Crippen molar-refractivity contribution in [3.8, 4) is 0 Å². The molecule has 0 saturated carbocycles. The third kappa shape index (κ3) is 2.36. The van der Waals surface area contributed by atoms with Crippen LogP contribution in [0.25, 0.3) is 0 Å². The maximum atomic E-state index is 10.6. The summed E-state index contributed by atoms with van der Waals surface area (Å²) in [6, 6.07) is 5.68. The summed E-state index contributed by atoms with van der Waals surface area (Å²) in [5, 5.41) is 17.3. The fraction of sp³-hybridized carbons (Fsp3) is 0.0909. The number of rotatable bonds is 4. The number of carbonyl (C=O) groups is 2. The monoisotopic (exact) mass is 236 g/mol. The zero-order valence-corrected chi connectivity index (χ0v) is 8.54. The summed E-state index contributed by atoms with van der Waals surface area (Å²) in [6.45, 7) is 0. The van der Waals surface area contributed by atoms with Gasteiger partial charge >= 0.3 is 11.9 Å². The highest BCUT2D eigenvalue weighted by Gasteiger charge is 2.13. The lowest BCUT2D eigenvalue weighted by atomic mass is 10.3. The van der Waals surface area contributed by atoms with Gasteiger partial charge in [-0.25, -0.2) is 9.59 Å². The Hall–Kier alpha value is -2.50. The summed E-state index contributed by atoms with van der Waals surface area (Å²) in [6.07, 6.45) is 0.209. The second kappa shape index (κ2) is 4.17. The van der Waals surface area contributed by atoms with Gasteiger partial charge in [-0.05, 0) is 24.3 Å². The summed E-state index contributed by atoms with van der Waals surface area (Å²) in [5.41, 5.74) is 0. The maximum absolute atomic E-state index is 10.6. The van der Waals surface area contributed by atoms with Gasteiger partial charge in [0.2, 0.25) is 11.5 Å². The number of furan rings is 2. The second-order valence-corrected chi connectivity index (χ2v) is 3.32. The van der Waals surface area contributed by atoms with Crippen molar-refractivity contribution in [1.82, 2.24) is 0 Å². The average molecular weight is 236 g/mol. The summed E-state index contributed by atoms with van der Waals surface area (Å²) >= 11 is 0. The van der Waals surface area contributed by atoms with Crippen molar-refractivity contribution in [3.05, 3.63) is 47.3 Å². The van der Waals surface area contributed by atoms with Crippen molar-refractivity contribution in [2.24, 2.45) is 0 Å². The highest BCUT2D eigenvalue weighted by atomic mass is 16.4. The van der Waals surface area contributed by atoms with Gasteiger partial charge in [0.25, 0.3) is 0 Å². The lowest BCUT2D eigenvalue weighted by Gasteiger charge is -1.92. The lowest BCUT2D eigenvalue weighted by Crippen LogP contribution is -1.92. The van der Waals surface area contributed by atoms with Crippen LogP contribution in [0.15, 0.2) is 33.1 Å². The first-order chi connectivity index (χ1) is 8.06. The molecule has 0 amide bonds. The topological polar surface area (TPSA) is 101 Å². The Morgan fingerprint density at radius 2 is 1.29 bits per heavy atom. The van der Waals surface area contributed by atoms with Gasteiger partial charge in [0.05, 0.1) is 6.42 Å². The van der Waals surface area contributed by atoms with Gasteiger partial charge in [-0.1, -0.05) is 0 Å². The predicted molar refractivity (Wildman–Crippen MR) is 54.1 cm³/mol.